The lowest BCUT2D eigenvalue weighted by molar-refractivity contribution is 0.0946. The number of rotatable bonds is 5. The van der Waals surface area contributed by atoms with Gasteiger partial charge in [0.05, 0.1) is 6.54 Å². The smallest absolute Gasteiger partial charge is 0.270 e. The van der Waals surface area contributed by atoms with Crippen LogP contribution in [0, 0.1) is 0 Å². The quantitative estimate of drug-likeness (QED) is 0.899. The molecule has 0 atom stereocenters. The van der Waals surface area contributed by atoms with Crippen LogP contribution in [0.3, 0.4) is 0 Å². The van der Waals surface area contributed by atoms with Gasteiger partial charge in [-0.15, -0.1) is 11.3 Å². The predicted octanol–water partition coefficient (Wildman–Crippen LogP) is 1.32. The summed E-state index contributed by atoms with van der Waals surface area (Å²) in [4.78, 5) is 16.5. The van der Waals surface area contributed by atoms with Crippen LogP contribution in [0.2, 0.25) is 0 Å². The summed E-state index contributed by atoms with van der Waals surface area (Å²) in [5.41, 5.74) is 0.329. The van der Waals surface area contributed by atoms with Crippen LogP contribution in [-0.4, -0.2) is 37.7 Å². The van der Waals surface area contributed by atoms with Gasteiger partial charge in [-0.3, -0.25) is 9.78 Å². The summed E-state index contributed by atoms with van der Waals surface area (Å²) in [6, 6.07) is 8.32. The van der Waals surface area contributed by atoms with Crippen LogP contribution in [-0.2, 0) is 16.6 Å². The lowest BCUT2D eigenvalue weighted by Gasteiger charge is -2.08. The molecule has 8 heteroatoms. The molecule has 0 unspecified atom stereocenters. The molecule has 0 aliphatic rings. The third-order valence-electron chi connectivity index (χ3n) is 2.69. The van der Waals surface area contributed by atoms with Crippen LogP contribution >= 0.6 is 11.3 Å². The zero-order valence-electron chi connectivity index (χ0n) is 11.6. The Hall–Kier alpha value is -1.77. The molecule has 0 saturated heterocycles. The number of hydrogen-bond acceptors (Lipinski definition) is 5. The van der Waals surface area contributed by atoms with Crippen molar-refractivity contribution < 1.29 is 13.2 Å². The zero-order chi connectivity index (χ0) is 15.5. The maximum Gasteiger partial charge on any atom is 0.270 e. The van der Waals surface area contributed by atoms with E-state index >= 15 is 0 Å². The molecule has 0 bridgehead atoms. The highest BCUT2D eigenvalue weighted by Crippen LogP contribution is 2.23. The second-order valence-electron chi connectivity index (χ2n) is 4.41. The van der Waals surface area contributed by atoms with E-state index in [1.165, 1.54) is 14.1 Å². The average Bonchev–Trinajstić information content (AvgIpc) is 2.95. The predicted molar refractivity (Wildman–Crippen MR) is 80.6 cm³/mol. The number of pyridine rings is 1. The van der Waals surface area contributed by atoms with Crippen LogP contribution in [0.25, 0.3) is 0 Å². The number of sulfonamides is 1. The topological polar surface area (TPSA) is 79.4 Å². The Bertz CT molecular complexity index is 724. The van der Waals surface area contributed by atoms with Gasteiger partial charge in [0, 0.05) is 25.2 Å². The van der Waals surface area contributed by atoms with Crippen LogP contribution in [0.4, 0.5) is 0 Å². The van der Waals surface area contributed by atoms with E-state index in [4.69, 9.17) is 0 Å². The molecule has 2 aromatic rings. The number of hydrogen-bond donors (Lipinski definition) is 1. The maximum absolute atomic E-state index is 11.9. The Balaban J connectivity index is 2.03. The molecular weight excluding hydrogens is 310 g/mol. The van der Waals surface area contributed by atoms with Crippen molar-refractivity contribution in [1.29, 1.82) is 0 Å². The Labute approximate surface area is 127 Å². The van der Waals surface area contributed by atoms with E-state index in [0.29, 0.717) is 5.69 Å². The van der Waals surface area contributed by atoms with Crippen molar-refractivity contribution in [1.82, 2.24) is 14.6 Å². The number of amides is 1. The first-order valence-electron chi connectivity index (χ1n) is 6.12. The molecule has 0 radical (unpaired) electrons. The van der Waals surface area contributed by atoms with E-state index in [-0.39, 0.29) is 16.7 Å². The molecule has 112 valence electrons. The second kappa shape index (κ2) is 6.33. The molecule has 21 heavy (non-hydrogen) atoms. The van der Waals surface area contributed by atoms with E-state index in [9.17, 15) is 13.2 Å². The molecule has 6 nitrogen and oxygen atoms in total. The summed E-state index contributed by atoms with van der Waals surface area (Å²) < 4.78 is 25.3. The van der Waals surface area contributed by atoms with Gasteiger partial charge >= 0.3 is 0 Å². The van der Waals surface area contributed by atoms with Crippen LogP contribution in [0.15, 0.2) is 40.7 Å². The summed E-state index contributed by atoms with van der Waals surface area (Å²) >= 11 is 1.14. The molecular formula is C13H15N3O3S2. The third kappa shape index (κ3) is 3.66. The Morgan fingerprint density at radius 1 is 1.29 bits per heavy atom. The monoisotopic (exact) mass is 325 g/mol. The van der Waals surface area contributed by atoms with Gasteiger partial charge in [0.1, 0.15) is 9.90 Å². The molecule has 0 fully saturated rings. The summed E-state index contributed by atoms with van der Waals surface area (Å²) in [7, 11) is -0.453. The fraction of sp³-hybridized carbons (Fsp3) is 0.231. The van der Waals surface area contributed by atoms with Crippen molar-refractivity contribution >= 4 is 27.3 Å². The highest BCUT2D eigenvalue weighted by molar-refractivity contribution is 7.91. The van der Waals surface area contributed by atoms with Gasteiger partial charge in [0.25, 0.3) is 15.9 Å². The van der Waals surface area contributed by atoms with Crippen LogP contribution in [0.5, 0.6) is 0 Å². The molecule has 0 saturated carbocycles. The standard InChI is InChI=1S/C13H15N3O3S2/c1-16(2)21(18,19)12-7-6-10(20-12)9-15-13(17)11-5-3-4-8-14-11/h3-8H,9H2,1-2H3,(H,15,17). The van der Waals surface area contributed by atoms with Crippen LogP contribution < -0.4 is 5.32 Å². The van der Waals surface area contributed by atoms with Gasteiger partial charge in [0.15, 0.2) is 0 Å². The van der Waals surface area contributed by atoms with Gasteiger partial charge < -0.3 is 5.32 Å². The SMILES string of the molecule is CN(C)S(=O)(=O)c1ccc(CNC(=O)c2ccccn2)s1. The number of nitrogens with one attached hydrogen (secondary N) is 1. The summed E-state index contributed by atoms with van der Waals surface area (Å²) in [6.07, 6.45) is 1.54. The minimum absolute atomic E-state index is 0.259. The minimum Gasteiger partial charge on any atom is -0.346 e. The van der Waals surface area contributed by atoms with Crippen molar-refractivity contribution in [2.75, 3.05) is 14.1 Å². The van der Waals surface area contributed by atoms with Gasteiger partial charge in [-0.1, -0.05) is 6.07 Å². The first-order valence-corrected chi connectivity index (χ1v) is 8.37. The molecule has 1 N–H and O–H groups in total. The summed E-state index contributed by atoms with van der Waals surface area (Å²) in [6.45, 7) is 0.267. The molecule has 0 spiro atoms. The van der Waals surface area contributed by atoms with E-state index in [2.05, 4.69) is 10.3 Å². The fourth-order valence-electron chi connectivity index (χ4n) is 1.53. The molecule has 2 rings (SSSR count). The number of carbonyl (C=O) groups excluding carboxylic acids is 1. The Morgan fingerprint density at radius 2 is 2.05 bits per heavy atom. The van der Waals surface area contributed by atoms with Gasteiger partial charge in [-0.05, 0) is 24.3 Å². The number of thiophene rings is 1. The molecule has 2 heterocycles. The highest BCUT2D eigenvalue weighted by Gasteiger charge is 2.19. The normalized spacial score (nSPS) is 11.6. The van der Waals surface area contributed by atoms with E-state index < -0.39 is 10.0 Å². The van der Waals surface area contributed by atoms with Crippen molar-refractivity contribution in [2.24, 2.45) is 0 Å². The molecule has 0 aliphatic heterocycles. The molecule has 1 amide bonds. The molecule has 0 aromatic carbocycles. The highest BCUT2D eigenvalue weighted by atomic mass is 32.2. The first-order chi connectivity index (χ1) is 9.91. The largest absolute Gasteiger partial charge is 0.346 e. The zero-order valence-corrected chi connectivity index (χ0v) is 13.2. The maximum atomic E-state index is 11.9. The van der Waals surface area contributed by atoms with Crippen molar-refractivity contribution in [3.05, 3.63) is 47.1 Å². The summed E-state index contributed by atoms with van der Waals surface area (Å²) in [5.74, 6) is -0.291. The van der Waals surface area contributed by atoms with E-state index in [1.807, 2.05) is 0 Å². The Kier molecular flexibility index (Phi) is 4.71. The van der Waals surface area contributed by atoms with Gasteiger partial charge in [0.2, 0.25) is 0 Å². The lowest BCUT2D eigenvalue weighted by atomic mass is 10.3. The number of carbonyl (C=O) groups is 1. The summed E-state index contributed by atoms with van der Waals surface area (Å²) in [5, 5.41) is 2.71. The number of aromatic nitrogens is 1. The molecule has 2 aromatic heterocycles. The number of nitrogens with zero attached hydrogens (tertiary/aromatic N) is 2. The van der Waals surface area contributed by atoms with E-state index in [0.717, 1.165) is 20.5 Å². The van der Waals surface area contributed by atoms with Crippen LogP contribution in [0.1, 0.15) is 15.4 Å². The van der Waals surface area contributed by atoms with Crippen molar-refractivity contribution in [3.8, 4) is 0 Å². The minimum atomic E-state index is -3.42. The molecule has 0 aliphatic carbocycles. The Morgan fingerprint density at radius 3 is 2.67 bits per heavy atom. The van der Waals surface area contributed by atoms with Gasteiger partial charge in [-0.2, -0.15) is 0 Å². The lowest BCUT2D eigenvalue weighted by Crippen LogP contribution is -2.23. The van der Waals surface area contributed by atoms with Gasteiger partial charge in [-0.25, -0.2) is 12.7 Å². The van der Waals surface area contributed by atoms with Crippen molar-refractivity contribution in [3.63, 3.8) is 0 Å². The average molecular weight is 325 g/mol. The second-order valence-corrected chi connectivity index (χ2v) is 7.95. The third-order valence-corrected chi connectivity index (χ3v) is 6.06. The van der Waals surface area contributed by atoms with E-state index in [1.54, 1.807) is 36.5 Å². The first kappa shape index (κ1) is 15.6. The van der Waals surface area contributed by atoms with Crippen molar-refractivity contribution in [2.45, 2.75) is 10.8 Å². The fourth-order valence-corrected chi connectivity index (χ4v) is 3.99.